The van der Waals surface area contributed by atoms with Crippen LogP contribution in [0.25, 0.3) is 0 Å². The third-order valence-electron chi connectivity index (χ3n) is 5.67. The van der Waals surface area contributed by atoms with Gasteiger partial charge in [-0.2, -0.15) is 5.10 Å². The van der Waals surface area contributed by atoms with Gasteiger partial charge in [-0.3, -0.25) is 14.3 Å². The Hall–Kier alpha value is -1.89. The summed E-state index contributed by atoms with van der Waals surface area (Å²) < 4.78 is 7.95. The molecule has 1 aromatic heterocycles. The van der Waals surface area contributed by atoms with Gasteiger partial charge in [0.2, 0.25) is 5.91 Å². The molecule has 7 heteroatoms. The highest BCUT2D eigenvalue weighted by Gasteiger charge is 2.41. The van der Waals surface area contributed by atoms with Crippen molar-refractivity contribution in [3.63, 3.8) is 0 Å². The second-order valence-corrected chi connectivity index (χ2v) is 7.51. The van der Waals surface area contributed by atoms with Crippen LogP contribution in [0.3, 0.4) is 0 Å². The van der Waals surface area contributed by atoms with E-state index < -0.39 is 0 Å². The SMILES string of the molecule is CCn1ccc(C(=O)N2CCC3(CC2)CC(CCNC(C)=O)CCO3)n1. The van der Waals surface area contributed by atoms with Gasteiger partial charge in [0.15, 0.2) is 0 Å². The molecule has 0 bridgehead atoms. The monoisotopic (exact) mass is 362 g/mol. The molecule has 0 radical (unpaired) electrons. The van der Waals surface area contributed by atoms with E-state index in [0.717, 1.165) is 64.9 Å². The van der Waals surface area contributed by atoms with Crippen LogP contribution in [0.15, 0.2) is 12.3 Å². The summed E-state index contributed by atoms with van der Waals surface area (Å²) in [5.74, 6) is 0.632. The normalized spacial score (nSPS) is 22.4. The number of aromatic nitrogens is 2. The van der Waals surface area contributed by atoms with Crippen molar-refractivity contribution < 1.29 is 14.3 Å². The Kier molecular flexibility index (Phi) is 5.96. The highest BCUT2D eigenvalue weighted by Crippen LogP contribution is 2.38. The zero-order valence-electron chi connectivity index (χ0n) is 15.9. The largest absolute Gasteiger partial charge is 0.375 e. The molecule has 2 aliphatic heterocycles. The maximum absolute atomic E-state index is 12.6. The lowest BCUT2D eigenvalue weighted by molar-refractivity contribution is -0.125. The van der Waals surface area contributed by atoms with Gasteiger partial charge in [-0.1, -0.05) is 0 Å². The average Bonchev–Trinajstić information content (AvgIpc) is 3.11. The summed E-state index contributed by atoms with van der Waals surface area (Å²) in [5, 5.41) is 7.22. The van der Waals surface area contributed by atoms with Crippen molar-refractivity contribution in [1.82, 2.24) is 20.0 Å². The molecule has 0 aromatic carbocycles. The minimum absolute atomic E-state index is 0.0186. The number of carbonyl (C=O) groups excluding carboxylic acids is 2. The van der Waals surface area contributed by atoms with Crippen LogP contribution in [0.2, 0.25) is 0 Å². The Morgan fingerprint density at radius 2 is 2.15 bits per heavy atom. The van der Waals surface area contributed by atoms with Gasteiger partial charge in [-0.15, -0.1) is 0 Å². The van der Waals surface area contributed by atoms with Crippen LogP contribution >= 0.6 is 0 Å². The number of ether oxygens (including phenoxy) is 1. The number of aryl methyl sites for hydroxylation is 1. The van der Waals surface area contributed by atoms with Gasteiger partial charge in [-0.05, 0) is 51.0 Å². The lowest BCUT2D eigenvalue weighted by Gasteiger charge is -2.46. The van der Waals surface area contributed by atoms with E-state index in [0.29, 0.717) is 11.6 Å². The van der Waals surface area contributed by atoms with Gasteiger partial charge < -0.3 is 15.0 Å². The van der Waals surface area contributed by atoms with Crippen molar-refractivity contribution in [3.8, 4) is 0 Å². The first kappa shape index (κ1) is 18.9. The van der Waals surface area contributed by atoms with Crippen LogP contribution in [0.1, 0.15) is 56.4 Å². The molecule has 1 spiro atoms. The zero-order valence-corrected chi connectivity index (χ0v) is 15.9. The van der Waals surface area contributed by atoms with E-state index in [1.165, 1.54) is 0 Å². The highest BCUT2D eigenvalue weighted by atomic mass is 16.5. The molecule has 26 heavy (non-hydrogen) atoms. The first-order valence-electron chi connectivity index (χ1n) is 9.72. The molecule has 3 rings (SSSR count). The molecule has 2 fully saturated rings. The summed E-state index contributed by atoms with van der Waals surface area (Å²) in [5.41, 5.74) is 0.430. The molecular weight excluding hydrogens is 332 g/mol. The van der Waals surface area contributed by atoms with E-state index in [9.17, 15) is 9.59 Å². The lowest BCUT2D eigenvalue weighted by Crippen LogP contribution is -2.51. The summed E-state index contributed by atoms with van der Waals surface area (Å²) in [6.45, 7) is 7.29. The van der Waals surface area contributed by atoms with Crippen LogP contribution in [0.5, 0.6) is 0 Å². The van der Waals surface area contributed by atoms with E-state index in [1.54, 1.807) is 17.7 Å². The predicted molar refractivity (Wildman–Crippen MR) is 97.7 cm³/mol. The van der Waals surface area contributed by atoms with Gasteiger partial charge in [0.25, 0.3) is 5.91 Å². The number of nitrogens with one attached hydrogen (secondary N) is 1. The van der Waals surface area contributed by atoms with Crippen LogP contribution in [-0.2, 0) is 16.1 Å². The smallest absolute Gasteiger partial charge is 0.274 e. The highest BCUT2D eigenvalue weighted by molar-refractivity contribution is 5.92. The van der Waals surface area contributed by atoms with Gasteiger partial charge in [0.1, 0.15) is 5.69 Å². The van der Waals surface area contributed by atoms with Crippen molar-refractivity contribution >= 4 is 11.8 Å². The van der Waals surface area contributed by atoms with Gasteiger partial charge in [0, 0.05) is 45.9 Å². The quantitative estimate of drug-likeness (QED) is 0.867. The number of hydrogen-bond donors (Lipinski definition) is 1. The minimum atomic E-state index is -0.0985. The number of amides is 2. The van der Waals surface area contributed by atoms with Crippen molar-refractivity contribution in [1.29, 1.82) is 0 Å². The number of carbonyl (C=O) groups is 2. The number of likely N-dealkylation sites (tertiary alicyclic amines) is 1. The third kappa shape index (κ3) is 4.44. The van der Waals surface area contributed by atoms with Crippen molar-refractivity contribution in [2.75, 3.05) is 26.2 Å². The average molecular weight is 362 g/mol. The van der Waals surface area contributed by atoms with Crippen LogP contribution in [0, 0.1) is 5.92 Å². The topological polar surface area (TPSA) is 76.5 Å². The predicted octanol–water partition coefficient (Wildman–Crippen LogP) is 1.83. The number of rotatable bonds is 5. The van der Waals surface area contributed by atoms with Crippen LogP contribution in [0.4, 0.5) is 0 Å². The second-order valence-electron chi connectivity index (χ2n) is 7.51. The number of hydrogen-bond acceptors (Lipinski definition) is 4. The van der Waals surface area contributed by atoms with Gasteiger partial charge in [0.05, 0.1) is 5.60 Å². The van der Waals surface area contributed by atoms with Crippen LogP contribution < -0.4 is 5.32 Å². The van der Waals surface area contributed by atoms with E-state index >= 15 is 0 Å². The fourth-order valence-electron chi connectivity index (χ4n) is 4.11. The molecule has 1 N–H and O–H groups in total. The van der Waals surface area contributed by atoms with Crippen molar-refractivity contribution in [3.05, 3.63) is 18.0 Å². The first-order valence-corrected chi connectivity index (χ1v) is 9.72. The molecule has 144 valence electrons. The fraction of sp³-hybridized carbons (Fsp3) is 0.737. The standard InChI is InChI=1S/C19H30N4O3/c1-3-23-10-5-17(21-23)18(25)22-11-7-19(8-12-22)14-16(6-13-26-19)4-9-20-15(2)24/h5,10,16H,3-4,6-9,11-14H2,1-2H3,(H,20,24). The molecule has 1 aromatic rings. The molecule has 7 nitrogen and oxygen atoms in total. The number of nitrogens with zero attached hydrogens (tertiary/aromatic N) is 3. The third-order valence-corrected chi connectivity index (χ3v) is 5.67. The van der Waals surface area contributed by atoms with Crippen molar-refractivity contribution in [2.45, 2.75) is 58.1 Å². The Balaban J connectivity index is 1.51. The molecule has 1 unspecified atom stereocenters. The molecular formula is C19H30N4O3. The van der Waals surface area contributed by atoms with Crippen LogP contribution in [-0.4, -0.2) is 58.3 Å². The Morgan fingerprint density at radius 1 is 1.38 bits per heavy atom. The molecule has 2 amide bonds. The van der Waals surface area contributed by atoms with E-state index in [-0.39, 0.29) is 17.4 Å². The molecule has 0 aliphatic carbocycles. The number of piperidine rings is 1. The molecule has 2 aliphatic rings. The summed E-state index contributed by atoms with van der Waals surface area (Å²) in [4.78, 5) is 25.6. The summed E-state index contributed by atoms with van der Waals surface area (Å²) >= 11 is 0. The summed E-state index contributed by atoms with van der Waals surface area (Å²) in [6, 6.07) is 1.80. The Morgan fingerprint density at radius 3 is 2.81 bits per heavy atom. The van der Waals surface area contributed by atoms with Gasteiger partial charge >= 0.3 is 0 Å². The summed E-state index contributed by atoms with van der Waals surface area (Å²) in [7, 11) is 0. The first-order chi connectivity index (χ1) is 12.5. The summed E-state index contributed by atoms with van der Waals surface area (Å²) in [6.07, 6.45) is 6.69. The van der Waals surface area contributed by atoms with Crippen molar-refractivity contribution in [2.24, 2.45) is 5.92 Å². The lowest BCUT2D eigenvalue weighted by atomic mass is 9.78. The maximum Gasteiger partial charge on any atom is 0.274 e. The van der Waals surface area contributed by atoms with E-state index in [2.05, 4.69) is 10.4 Å². The minimum Gasteiger partial charge on any atom is -0.375 e. The van der Waals surface area contributed by atoms with E-state index in [4.69, 9.17) is 4.74 Å². The molecule has 2 saturated heterocycles. The molecule has 3 heterocycles. The second kappa shape index (κ2) is 8.20. The Bertz CT molecular complexity index is 634. The van der Waals surface area contributed by atoms with Gasteiger partial charge in [-0.25, -0.2) is 0 Å². The fourth-order valence-corrected chi connectivity index (χ4v) is 4.11. The van der Waals surface area contributed by atoms with E-state index in [1.807, 2.05) is 18.0 Å². The Labute approximate surface area is 155 Å². The molecule has 0 saturated carbocycles. The zero-order chi connectivity index (χ0) is 18.6. The molecule has 1 atom stereocenters. The maximum atomic E-state index is 12.6.